The highest BCUT2D eigenvalue weighted by Gasteiger charge is 2.23. The fourth-order valence-corrected chi connectivity index (χ4v) is 4.90. The Hall–Kier alpha value is -1.69. The summed E-state index contributed by atoms with van der Waals surface area (Å²) in [5.74, 6) is 0.184. The maximum atomic E-state index is 12.6. The van der Waals surface area contributed by atoms with Gasteiger partial charge in [0.25, 0.3) is 10.2 Å². The maximum absolute atomic E-state index is 12.6. The van der Waals surface area contributed by atoms with Gasteiger partial charge < -0.3 is 0 Å². The Morgan fingerprint density at radius 3 is 1.81 bits per heavy atom. The van der Waals surface area contributed by atoms with Gasteiger partial charge in [-0.2, -0.15) is 12.7 Å². The Labute approximate surface area is 157 Å². The molecule has 0 amide bonds. The molecule has 4 nitrogen and oxygen atoms in total. The number of nitrogens with one attached hydrogen (secondary N) is 1. The smallest absolute Gasteiger partial charge is 0.202 e. The van der Waals surface area contributed by atoms with Crippen LogP contribution in [0.25, 0.3) is 0 Å². The minimum absolute atomic E-state index is 0.184. The summed E-state index contributed by atoms with van der Waals surface area (Å²) >= 11 is 0. The predicted octanol–water partition coefficient (Wildman–Crippen LogP) is 3.92. The van der Waals surface area contributed by atoms with Crippen molar-refractivity contribution in [3.8, 4) is 0 Å². The number of hydrogen-bond donors (Lipinski definition) is 1. The van der Waals surface area contributed by atoms with Gasteiger partial charge in [0.1, 0.15) is 0 Å². The van der Waals surface area contributed by atoms with Crippen LogP contribution in [-0.4, -0.2) is 32.4 Å². The van der Waals surface area contributed by atoms with Gasteiger partial charge in [0.2, 0.25) is 0 Å². The van der Waals surface area contributed by atoms with Gasteiger partial charge in [-0.05, 0) is 30.4 Å². The summed E-state index contributed by atoms with van der Waals surface area (Å²) in [4.78, 5) is 0. The Morgan fingerprint density at radius 2 is 1.31 bits per heavy atom. The average molecular weight is 373 g/mol. The highest BCUT2D eigenvalue weighted by molar-refractivity contribution is 7.87. The second kappa shape index (κ2) is 9.31. The zero-order valence-electron chi connectivity index (χ0n) is 15.2. The van der Waals surface area contributed by atoms with E-state index in [1.165, 1.54) is 11.1 Å². The molecule has 1 aliphatic rings. The van der Waals surface area contributed by atoms with Crippen LogP contribution in [0.3, 0.4) is 0 Å². The lowest BCUT2D eigenvalue weighted by Gasteiger charge is -2.22. The van der Waals surface area contributed by atoms with E-state index in [-0.39, 0.29) is 5.92 Å². The molecule has 1 aliphatic heterocycles. The molecule has 1 heterocycles. The lowest BCUT2D eigenvalue weighted by Crippen LogP contribution is -2.41. The topological polar surface area (TPSA) is 49.4 Å². The normalized spacial score (nSPS) is 16.5. The monoisotopic (exact) mass is 372 g/mol. The van der Waals surface area contributed by atoms with Gasteiger partial charge in [-0.15, -0.1) is 0 Å². The van der Waals surface area contributed by atoms with Crippen molar-refractivity contribution in [1.82, 2.24) is 9.03 Å². The lowest BCUT2D eigenvalue weighted by molar-refractivity contribution is 0.414. The summed E-state index contributed by atoms with van der Waals surface area (Å²) in [5.41, 5.74) is 2.43. The molecule has 140 valence electrons. The van der Waals surface area contributed by atoms with E-state index in [9.17, 15) is 8.42 Å². The van der Waals surface area contributed by atoms with Crippen LogP contribution < -0.4 is 4.72 Å². The Bertz CT molecular complexity index is 716. The van der Waals surface area contributed by atoms with Gasteiger partial charge in [0, 0.05) is 25.6 Å². The molecule has 3 rings (SSSR count). The van der Waals surface area contributed by atoms with Crippen molar-refractivity contribution < 1.29 is 8.42 Å². The SMILES string of the molecule is O=S(=O)(NCCC(c1ccccc1)c1ccccc1)N1CCCCCC1. The summed E-state index contributed by atoms with van der Waals surface area (Å²) in [7, 11) is -3.38. The van der Waals surface area contributed by atoms with Gasteiger partial charge in [-0.3, -0.25) is 0 Å². The maximum Gasteiger partial charge on any atom is 0.279 e. The van der Waals surface area contributed by atoms with Crippen molar-refractivity contribution in [3.63, 3.8) is 0 Å². The standard InChI is InChI=1S/C21H28N2O2S/c24-26(25,23-17-9-1-2-10-18-23)22-16-15-21(19-11-5-3-6-12-19)20-13-7-4-8-14-20/h3-8,11-14,21-22H,1-2,9-10,15-18H2. The van der Waals surface area contributed by atoms with E-state index >= 15 is 0 Å². The predicted molar refractivity (Wildman–Crippen MR) is 106 cm³/mol. The van der Waals surface area contributed by atoms with Crippen LogP contribution in [0, 0.1) is 0 Å². The van der Waals surface area contributed by atoms with E-state index in [4.69, 9.17) is 0 Å². The molecule has 0 aromatic heterocycles. The fourth-order valence-electron chi connectivity index (χ4n) is 3.60. The van der Waals surface area contributed by atoms with Crippen LogP contribution >= 0.6 is 0 Å². The largest absolute Gasteiger partial charge is 0.279 e. The van der Waals surface area contributed by atoms with Crippen LogP contribution in [0.4, 0.5) is 0 Å². The van der Waals surface area contributed by atoms with Crippen LogP contribution in [0.1, 0.15) is 49.1 Å². The first kappa shape index (κ1) is 19.1. The second-order valence-electron chi connectivity index (χ2n) is 6.88. The Kier molecular flexibility index (Phi) is 6.83. The van der Waals surface area contributed by atoms with E-state index in [1.807, 2.05) is 36.4 Å². The van der Waals surface area contributed by atoms with Crippen LogP contribution in [0.2, 0.25) is 0 Å². The molecule has 26 heavy (non-hydrogen) atoms. The van der Waals surface area contributed by atoms with Crippen molar-refractivity contribution in [3.05, 3.63) is 71.8 Å². The van der Waals surface area contributed by atoms with Gasteiger partial charge >= 0.3 is 0 Å². The molecule has 2 aromatic rings. The quantitative estimate of drug-likeness (QED) is 0.801. The molecular formula is C21H28N2O2S. The van der Waals surface area contributed by atoms with E-state index < -0.39 is 10.2 Å². The van der Waals surface area contributed by atoms with Gasteiger partial charge in [0.05, 0.1) is 0 Å². The van der Waals surface area contributed by atoms with E-state index in [0.717, 1.165) is 32.1 Å². The third kappa shape index (κ3) is 5.16. The lowest BCUT2D eigenvalue weighted by atomic mass is 9.89. The van der Waals surface area contributed by atoms with E-state index in [2.05, 4.69) is 29.0 Å². The summed E-state index contributed by atoms with van der Waals surface area (Å²) in [5, 5.41) is 0. The molecular weight excluding hydrogens is 344 g/mol. The number of hydrogen-bond acceptors (Lipinski definition) is 2. The van der Waals surface area contributed by atoms with Crippen molar-refractivity contribution in [2.24, 2.45) is 0 Å². The van der Waals surface area contributed by atoms with Crippen LogP contribution in [0.15, 0.2) is 60.7 Å². The first-order chi connectivity index (χ1) is 12.7. The van der Waals surface area contributed by atoms with E-state index in [1.54, 1.807) is 4.31 Å². The average Bonchev–Trinajstić information content (AvgIpc) is 2.97. The van der Waals surface area contributed by atoms with Gasteiger partial charge in [0.15, 0.2) is 0 Å². The summed E-state index contributed by atoms with van der Waals surface area (Å²) < 4.78 is 29.7. The summed E-state index contributed by atoms with van der Waals surface area (Å²) in [6.45, 7) is 1.71. The Balaban J connectivity index is 1.66. The molecule has 2 aromatic carbocycles. The minimum atomic E-state index is -3.38. The zero-order valence-corrected chi connectivity index (χ0v) is 16.0. The number of nitrogens with zero attached hydrogens (tertiary/aromatic N) is 1. The number of benzene rings is 2. The van der Waals surface area contributed by atoms with Gasteiger partial charge in [-0.1, -0.05) is 73.5 Å². The Morgan fingerprint density at radius 1 is 0.808 bits per heavy atom. The second-order valence-corrected chi connectivity index (χ2v) is 8.63. The highest BCUT2D eigenvalue weighted by atomic mass is 32.2. The van der Waals surface area contributed by atoms with Crippen molar-refractivity contribution in [2.75, 3.05) is 19.6 Å². The third-order valence-corrected chi connectivity index (χ3v) is 6.64. The molecule has 1 saturated heterocycles. The molecule has 0 radical (unpaired) electrons. The molecule has 0 aliphatic carbocycles. The minimum Gasteiger partial charge on any atom is -0.202 e. The molecule has 0 atom stereocenters. The molecule has 5 heteroatoms. The fraction of sp³-hybridized carbons (Fsp3) is 0.429. The molecule has 0 bridgehead atoms. The van der Waals surface area contributed by atoms with Gasteiger partial charge in [-0.25, -0.2) is 4.72 Å². The molecule has 1 fully saturated rings. The summed E-state index contributed by atoms with van der Waals surface area (Å²) in [6.07, 6.45) is 4.89. The molecule has 0 unspecified atom stereocenters. The van der Waals surface area contributed by atoms with Crippen molar-refractivity contribution in [1.29, 1.82) is 0 Å². The third-order valence-electron chi connectivity index (χ3n) is 5.03. The zero-order chi connectivity index (χ0) is 18.2. The molecule has 1 N–H and O–H groups in total. The van der Waals surface area contributed by atoms with Crippen LogP contribution in [0.5, 0.6) is 0 Å². The first-order valence-electron chi connectivity index (χ1n) is 9.51. The summed E-state index contributed by atoms with van der Waals surface area (Å²) in [6, 6.07) is 20.6. The van der Waals surface area contributed by atoms with E-state index in [0.29, 0.717) is 19.6 Å². The van der Waals surface area contributed by atoms with Crippen molar-refractivity contribution >= 4 is 10.2 Å². The first-order valence-corrected chi connectivity index (χ1v) is 11.0. The number of rotatable bonds is 7. The van der Waals surface area contributed by atoms with Crippen molar-refractivity contribution in [2.45, 2.75) is 38.0 Å². The molecule has 0 spiro atoms. The molecule has 0 saturated carbocycles. The highest BCUT2D eigenvalue weighted by Crippen LogP contribution is 2.27. The van der Waals surface area contributed by atoms with Crippen LogP contribution in [-0.2, 0) is 10.2 Å².